The van der Waals surface area contributed by atoms with E-state index in [1.165, 1.54) is 0 Å². The number of anilines is 1. The van der Waals surface area contributed by atoms with Gasteiger partial charge in [0.15, 0.2) is 0 Å². The smallest absolute Gasteiger partial charge is 0.254 e. The molecule has 5 nitrogen and oxygen atoms in total. The van der Waals surface area contributed by atoms with Crippen LogP contribution in [0.2, 0.25) is 0 Å². The van der Waals surface area contributed by atoms with E-state index in [-0.39, 0.29) is 17.9 Å². The summed E-state index contributed by atoms with van der Waals surface area (Å²) in [5.74, 6) is 0.451. The largest absolute Gasteiger partial charge is 0.326 e. The second-order valence-electron chi connectivity index (χ2n) is 4.77. The van der Waals surface area contributed by atoms with Crippen LogP contribution < -0.4 is 10.9 Å². The monoisotopic (exact) mass is 349 g/mol. The van der Waals surface area contributed by atoms with Crippen molar-refractivity contribution in [2.75, 3.05) is 5.32 Å². The molecule has 0 aliphatic carbocycles. The molecule has 0 saturated carbocycles. The van der Waals surface area contributed by atoms with E-state index in [4.69, 9.17) is 0 Å². The lowest BCUT2D eigenvalue weighted by atomic mass is 10.1. The topological polar surface area (TPSA) is 74.8 Å². The van der Waals surface area contributed by atoms with E-state index in [9.17, 15) is 9.59 Å². The zero-order valence-corrected chi connectivity index (χ0v) is 13.5. The summed E-state index contributed by atoms with van der Waals surface area (Å²) < 4.78 is 0.898. The van der Waals surface area contributed by atoms with Gasteiger partial charge in [0, 0.05) is 27.8 Å². The van der Waals surface area contributed by atoms with Crippen LogP contribution in [0.4, 0.5) is 5.69 Å². The Morgan fingerprint density at radius 3 is 2.81 bits per heavy atom. The van der Waals surface area contributed by atoms with Crippen molar-refractivity contribution in [1.82, 2.24) is 9.97 Å². The van der Waals surface area contributed by atoms with Gasteiger partial charge in [-0.25, -0.2) is 4.98 Å². The number of benzene rings is 1. The van der Waals surface area contributed by atoms with E-state index in [1.807, 2.05) is 24.3 Å². The van der Waals surface area contributed by atoms with Crippen LogP contribution in [0.1, 0.15) is 23.5 Å². The SMILES string of the molecule is Cc1nc(C)c(CCC(=O)Nc2cccc(Br)c2)c(=O)[nH]1. The van der Waals surface area contributed by atoms with Crippen LogP contribution in [0.5, 0.6) is 0 Å². The Labute approximate surface area is 130 Å². The van der Waals surface area contributed by atoms with Crippen LogP contribution in [0.3, 0.4) is 0 Å². The van der Waals surface area contributed by atoms with Crippen molar-refractivity contribution in [3.63, 3.8) is 0 Å². The highest BCUT2D eigenvalue weighted by Crippen LogP contribution is 2.16. The predicted molar refractivity (Wildman–Crippen MR) is 85.4 cm³/mol. The Kier molecular flexibility index (Phi) is 4.90. The Morgan fingerprint density at radius 1 is 1.38 bits per heavy atom. The minimum Gasteiger partial charge on any atom is -0.326 e. The van der Waals surface area contributed by atoms with Gasteiger partial charge in [-0.05, 0) is 38.5 Å². The zero-order chi connectivity index (χ0) is 15.4. The molecule has 0 fully saturated rings. The molecule has 2 rings (SSSR count). The third-order valence-electron chi connectivity index (χ3n) is 3.05. The molecule has 0 saturated heterocycles. The minimum atomic E-state index is -0.171. The number of carbonyl (C=O) groups is 1. The number of carbonyl (C=O) groups excluding carboxylic acids is 1. The fourth-order valence-corrected chi connectivity index (χ4v) is 2.47. The third kappa shape index (κ3) is 4.26. The van der Waals surface area contributed by atoms with Gasteiger partial charge in [0.2, 0.25) is 5.91 Å². The van der Waals surface area contributed by atoms with Crippen molar-refractivity contribution in [3.8, 4) is 0 Å². The van der Waals surface area contributed by atoms with Gasteiger partial charge in [0.25, 0.3) is 5.56 Å². The number of halogens is 1. The second-order valence-corrected chi connectivity index (χ2v) is 5.69. The normalized spacial score (nSPS) is 10.4. The van der Waals surface area contributed by atoms with E-state index in [2.05, 4.69) is 31.2 Å². The summed E-state index contributed by atoms with van der Waals surface area (Å²) in [4.78, 5) is 30.6. The maximum Gasteiger partial charge on any atom is 0.254 e. The van der Waals surface area contributed by atoms with Gasteiger partial charge in [-0.2, -0.15) is 0 Å². The first kappa shape index (κ1) is 15.4. The second kappa shape index (κ2) is 6.67. The maximum absolute atomic E-state index is 11.9. The van der Waals surface area contributed by atoms with Crippen molar-refractivity contribution >= 4 is 27.5 Å². The molecule has 1 heterocycles. The third-order valence-corrected chi connectivity index (χ3v) is 3.54. The lowest BCUT2D eigenvalue weighted by molar-refractivity contribution is -0.116. The Balaban J connectivity index is 2.00. The van der Waals surface area contributed by atoms with Crippen LogP contribution >= 0.6 is 15.9 Å². The van der Waals surface area contributed by atoms with Gasteiger partial charge in [0.1, 0.15) is 5.82 Å². The standard InChI is InChI=1S/C15H16BrN3O2/c1-9-13(15(21)18-10(2)17-9)6-7-14(20)19-12-5-3-4-11(16)8-12/h3-5,8H,6-7H2,1-2H3,(H,19,20)(H,17,18,21). The van der Waals surface area contributed by atoms with Crippen molar-refractivity contribution in [2.24, 2.45) is 0 Å². The summed E-state index contributed by atoms with van der Waals surface area (Å²) in [5.41, 5.74) is 1.79. The number of aromatic nitrogens is 2. The van der Waals surface area contributed by atoms with E-state index < -0.39 is 0 Å². The molecule has 1 aromatic heterocycles. The maximum atomic E-state index is 11.9. The molecule has 0 bridgehead atoms. The molecule has 0 unspecified atom stereocenters. The highest BCUT2D eigenvalue weighted by Gasteiger charge is 2.10. The molecule has 1 aromatic carbocycles. The average molecular weight is 350 g/mol. The number of amides is 1. The van der Waals surface area contributed by atoms with Gasteiger partial charge in [-0.3, -0.25) is 9.59 Å². The number of hydrogen-bond donors (Lipinski definition) is 2. The van der Waals surface area contributed by atoms with E-state index in [0.717, 1.165) is 10.2 Å². The molecule has 0 atom stereocenters. The molecule has 0 aliphatic heterocycles. The molecule has 2 N–H and O–H groups in total. The fraction of sp³-hybridized carbons (Fsp3) is 0.267. The molecule has 0 spiro atoms. The first-order valence-electron chi connectivity index (χ1n) is 6.57. The predicted octanol–water partition coefficient (Wildman–Crippen LogP) is 2.72. The molecule has 21 heavy (non-hydrogen) atoms. The summed E-state index contributed by atoms with van der Waals surface area (Å²) in [6, 6.07) is 7.37. The molecule has 2 aromatic rings. The van der Waals surface area contributed by atoms with Crippen molar-refractivity contribution in [3.05, 3.63) is 56.2 Å². The molecule has 0 aliphatic rings. The first-order valence-corrected chi connectivity index (χ1v) is 7.37. The van der Waals surface area contributed by atoms with Crippen LogP contribution in [-0.2, 0) is 11.2 Å². The average Bonchev–Trinajstić information content (AvgIpc) is 2.37. The van der Waals surface area contributed by atoms with E-state index >= 15 is 0 Å². The number of aromatic amines is 1. The Hall–Kier alpha value is -1.95. The highest BCUT2D eigenvalue weighted by molar-refractivity contribution is 9.10. The molecular formula is C15H16BrN3O2. The van der Waals surface area contributed by atoms with Crippen LogP contribution in [0.25, 0.3) is 0 Å². The minimum absolute atomic E-state index is 0.132. The first-order chi connectivity index (χ1) is 9.95. The zero-order valence-electron chi connectivity index (χ0n) is 11.9. The van der Waals surface area contributed by atoms with Crippen LogP contribution in [0, 0.1) is 13.8 Å². The molecule has 0 radical (unpaired) electrons. The number of aryl methyl sites for hydroxylation is 2. The van der Waals surface area contributed by atoms with Gasteiger partial charge < -0.3 is 10.3 Å². The van der Waals surface area contributed by atoms with Crippen LogP contribution in [0.15, 0.2) is 33.5 Å². The highest BCUT2D eigenvalue weighted by atomic mass is 79.9. The van der Waals surface area contributed by atoms with Gasteiger partial charge in [0.05, 0.1) is 0 Å². The quantitative estimate of drug-likeness (QED) is 0.890. The van der Waals surface area contributed by atoms with Crippen LogP contribution in [-0.4, -0.2) is 15.9 Å². The van der Waals surface area contributed by atoms with Gasteiger partial charge >= 0.3 is 0 Å². The summed E-state index contributed by atoms with van der Waals surface area (Å²) in [5, 5.41) is 2.80. The van der Waals surface area contributed by atoms with Gasteiger partial charge in [-0.15, -0.1) is 0 Å². The lowest BCUT2D eigenvalue weighted by Gasteiger charge is -2.07. The lowest BCUT2D eigenvalue weighted by Crippen LogP contribution is -2.20. The Morgan fingerprint density at radius 2 is 2.14 bits per heavy atom. The van der Waals surface area contributed by atoms with E-state index in [0.29, 0.717) is 23.5 Å². The van der Waals surface area contributed by atoms with Crippen molar-refractivity contribution in [1.29, 1.82) is 0 Å². The molecule has 6 heteroatoms. The summed E-state index contributed by atoms with van der Waals surface area (Å²) in [6.07, 6.45) is 0.607. The summed E-state index contributed by atoms with van der Waals surface area (Å²) >= 11 is 3.35. The Bertz CT molecular complexity index is 725. The molecule has 1 amide bonds. The number of rotatable bonds is 4. The molecule has 110 valence electrons. The van der Waals surface area contributed by atoms with Gasteiger partial charge in [-0.1, -0.05) is 22.0 Å². The van der Waals surface area contributed by atoms with Crippen molar-refractivity contribution < 1.29 is 4.79 Å². The number of hydrogen-bond acceptors (Lipinski definition) is 3. The molecular weight excluding hydrogens is 334 g/mol. The number of nitrogens with zero attached hydrogens (tertiary/aromatic N) is 1. The fourth-order valence-electron chi connectivity index (χ4n) is 2.07. The number of H-pyrrole nitrogens is 1. The number of nitrogens with one attached hydrogen (secondary N) is 2. The summed E-state index contributed by atoms with van der Waals surface area (Å²) in [7, 11) is 0. The summed E-state index contributed by atoms with van der Waals surface area (Å²) in [6.45, 7) is 3.52. The van der Waals surface area contributed by atoms with Crippen molar-refractivity contribution in [2.45, 2.75) is 26.7 Å². The van der Waals surface area contributed by atoms with E-state index in [1.54, 1.807) is 13.8 Å².